The Morgan fingerprint density at radius 3 is 3.00 bits per heavy atom. The van der Waals surface area contributed by atoms with Gasteiger partial charge < -0.3 is 11.1 Å². The van der Waals surface area contributed by atoms with Crippen LogP contribution < -0.4 is 11.1 Å². The second kappa shape index (κ2) is 3.22. The molecule has 3 N–H and O–H groups in total. The summed E-state index contributed by atoms with van der Waals surface area (Å²) in [7, 11) is 0. The van der Waals surface area contributed by atoms with Gasteiger partial charge >= 0.3 is 0 Å². The van der Waals surface area contributed by atoms with Crippen molar-refractivity contribution in [3.05, 3.63) is 0 Å². The summed E-state index contributed by atoms with van der Waals surface area (Å²) in [6.07, 6.45) is 3.60. The smallest absolute Gasteiger partial charge is 0.221 e. The predicted molar refractivity (Wildman–Crippen MR) is 44.1 cm³/mol. The summed E-state index contributed by atoms with van der Waals surface area (Å²) in [6.45, 7) is 2.76. The number of carbonyl (C=O) groups is 1. The van der Waals surface area contributed by atoms with Crippen LogP contribution in [0.5, 0.6) is 0 Å². The lowest BCUT2D eigenvalue weighted by atomic mass is 9.91. The molecule has 0 aromatic rings. The van der Waals surface area contributed by atoms with Gasteiger partial charge in [0.25, 0.3) is 0 Å². The van der Waals surface area contributed by atoms with Crippen LogP contribution in [-0.4, -0.2) is 18.0 Å². The molecule has 0 aromatic heterocycles. The standard InChI is InChI=1S/C8H16N2O/c1-8(9)4-2-3-5-10-7(11)6-8/h2-6,9H2,1H3,(H,10,11). The van der Waals surface area contributed by atoms with Crippen LogP contribution in [0.15, 0.2) is 0 Å². The zero-order valence-corrected chi connectivity index (χ0v) is 7.02. The number of nitrogens with one attached hydrogen (secondary N) is 1. The Hall–Kier alpha value is -0.570. The second-order valence-electron chi connectivity index (χ2n) is 3.64. The van der Waals surface area contributed by atoms with Crippen molar-refractivity contribution in [1.82, 2.24) is 5.32 Å². The maximum absolute atomic E-state index is 11.1. The normalized spacial score (nSPS) is 33.8. The van der Waals surface area contributed by atoms with Gasteiger partial charge in [0.15, 0.2) is 0 Å². The molecular weight excluding hydrogens is 140 g/mol. The molecule has 0 bridgehead atoms. The first-order valence-electron chi connectivity index (χ1n) is 4.16. The summed E-state index contributed by atoms with van der Waals surface area (Å²) < 4.78 is 0. The van der Waals surface area contributed by atoms with Gasteiger partial charge in [-0.1, -0.05) is 0 Å². The van der Waals surface area contributed by atoms with Crippen LogP contribution >= 0.6 is 0 Å². The van der Waals surface area contributed by atoms with Gasteiger partial charge in [0.1, 0.15) is 0 Å². The van der Waals surface area contributed by atoms with Gasteiger partial charge in [0.2, 0.25) is 5.91 Å². The van der Waals surface area contributed by atoms with Crippen molar-refractivity contribution in [2.75, 3.05) is 6.54 Å². The molecule has 11 heavy (non-hydrogen) atoms. The summed E-state index contributed by atoms with van der Waals surface area (Å²) in [5, 5.41) is 2.82. The molecule has 1 fully saturated rings. The Balaban J connectivity index is 2.49. The number of carbonyl (C=O) groups excluding carboxylic acids is 1. The molecule has 3 heteroatoms. The summed E-state index contributed by atoms with van der Waals surface area (Å²) in [4.78, 5) is 11.1. The van der Waals surface area contributed by atoms with Gasteiger partial charge in [-0.05, 0) is 26.2 Å². The highest BCUT2D eigenvalue weighted by Gasteiger charge is 2.23. The molecule has 1 aliphatic rings. The highest BCUT2D eigenvalue weighted by molar-refractivity contribution is 5.77. The monoisotopic (exact) mass is 156 g/mol. The van der Waals surface area contributed by atoms with E-state index in [9.17, 15) is 4.79 Å². The maximum atomic E-state index is 11.1. The molecule has 1 amide bonds. The van der Waals surface area contributed by atoms with Crippen LogP contribution in [0.25, 0.3) is 0 Å². The van der Waals surface area contributed by atoms with Crippen molar-refractivity contribution in [3.8, 4) is 0 Å². The summed E-state index contributed by atoms with van der Waals surface area (Å²) >= 11 is 0. The molecule has 1 aliphatic heterocycles. The Bertz CT molecular complexity index is 154. The fourth-order valence-electron chi connectivity index (χ4n) is 1.40. The van der Waals surface area contributed by atoms with Crippen LogP contribution in [0, 0.1) is 0 Å². The lowest BCUT2D eigenvalue weighted by molar-refractivity contribution is -0.122. The van der Waals surface area contributed by atoms with Gasteiger partial charge in [0.05, 0.1) is 0 Å². The molecule has 1 unspecified atom stereocenters. The van der Waals surface area contributed by atoms with Crippen LogP contribution in [0.1, 0.15) is 32.6 Å². The number of rotatable bonds is 0. The zero-order chi connectivity index (χ0) is 8.32. The van der Waals surface area contributed by atoms with Crippen LogP contribution in [0.3, 0.4) is 0 Å². The van der Waals surface area contributed by atoms with Gasteiger partial charge in [-0.3, -0.25) is 4.79 Å². The predicted octanol–water partition coefficient (Wildman–Crippen LogP) is 0.394. The number of nitrogens with two attached hydrogens (primary N) is 1. The Morgan fingerprint density at radius 2 is 2.27 bits per heavy atom. The van der Waals surface area contributed by atoms with E-state index in [4.69, 9.17) is 5.73 Å². The van der Waals surface area contributed by atoms with Crippen molar-refractivity contribution in [1.29, 1.82) is 0 Å². The molecule has 64 valence electrons. The van der Waals surface area contributed by atoms with E-state index >= 15 is 0 Å². The quantitative estimate of drug-likeness (QED) is 0.533. The lowest BCUT2D eigenvalue weighted by Crippen LogP contribution is -2.43. The topological polar surface area (TPSA) is 55.1 Å². The average Bonchev–Trinajstić information content (AvgIpc) is 1.82. The molecule has 1 atom stereocenters. The van der Waals surface area contributed by atoms with Crippen molar-refractivity contribution >= 4 is 5.91 Å². The minimum absolute atomic E-state index is 0.0923. The molecule has 1 heterocycles. The second-order valence-corrected chi connectivity index (χ2v) is 3.64. The van der Waals surface area contributed by atoms with Crippen LogP contribution in [0.4, 0.5) is 0 Å². The van der Waals surface area contributed by atoms with E-state index in [1.165, 1.54) is 0 Å². The van der Waals surface area contributed by atoms with Gasteiger partial charge in [-0.25, -0.2) is 0 Å². The summed E-state index contributed by atoms with van der Waals surface area (Å²) in [6, 6.07) is 0. The number of hydrogen-bond donors (Lipinski definition) is 2. The van der Waals surface area contributed by atoms with Crippen molar-refractivity contribution in [3.63, 3.8) is 0 Å². The van der Waals surface area contributed by atoms with E-state index in [2.05, 4.69) is 5.32 Å². The first kappa shape index (κ1) is 8.53. The maximum Gasteiger partial charge on any atom is 0.221 e. The third kappa shape index (κ3) is 2.89. The zero-order valence-electron chi connectivity index (χ0n) is 7.02. The Kier molecular flexibility index (Phi) is 2.49. The van der Waals surface area contributed by atoms with Crippen molar-refractivity contribution in [2.24, 2.45) is 5.73 Å². The van der Waals surface area contributed by atoms with Gasteiger partial charge in [0, 0.05) is 18.5 Å². The number of amides is 1. The summed E-state index contributed by atoms with van der Waals surface area (Å²) in [5.74, 6) is 0.0923. The van der Waals surface area contributed by atoms with E-state index in [1.54, 1.807) is 0 Å². The molecular formula is C8H16N2O. The SMILES string of the molecule is CC1(N)CCCCNC(=O)C1. The molecule has 1 rings (SSSR count). The van der Waals surface area contributed by atoms with Crippen molar-refractivity contribution < 1.29 is 4.79 Å². The van der Waals surface area contributed by atoms with Crippen molar-refractivity contribution in [2.45, 2.75) is 38.1 Å². The van der Waals surface area contributed by atoms with Crippen LogP contribution in [0.2, 0.25) is 0 Å². The third-order valence-electron chi connectivity index (χ3n) is 2.06. The molecule has 0 aliphatic carbocycles. The van der Waals surface area contributed by atoms with E-state index in [0.29, 0.717) is 6.42 Å². The highest BCUT2D eigenvalue weighted by Crippen LogP contribution is 2.16. The first-order valence-corrected chi connectivity index (χ1v) is 4.16. The van der Waals surface area contributed by atoms with E-state index in [0.717, 1.165) is 25.8 Å². The molecule has 0 saturated carbocycles. The highest BCUT2D eigenvalue weighted by atomic mass is 16.1. The minimum Gasteiger partial charge on any atom is -0.356 e. The fourth-order valence-corrected chi connectivity index (χ4v) is 1.40. The Morgan fingerprint density at radius 1 is 1.55 bits per heavy atom. The van der Waals surface area contributed by atoms with Gasteiger partial charge in [-0.2, -0.15) is 0 Å². The molecule has 0 aromatic carbocycles. The van der Waals surface area contributed by atoms with E-state index in [-0.39, 0.29) is 11.4 Å². The van der Waals surface area contributed by atoms with Gasteiger partial charge in [-0.15, -0.1) is 0 Å². The average molecular weight is 156 g/mol. The minimum atomic E-state index is -0.287. The first-order chi connectivity index (χ1) is 5.10. The van der Waals surface area contributed by atoms with E-state index in [1.807, 2.05) is 6.92 Å². The third-order valence-corrected chi connectivity index (χ3v) is 2.06. The number of hydrogen-bond acceptors (Lipinski definition) is 2. The molecule has 3 nitrogen and oxygen atoms in total. The molecule has 0 spiro atoms. The largest absolute Gasteiger partial charge is 0.356 e. The molecule has 1 saturated heterocycles. The molecule has 0 radical (unpaired) electrons. The van der Waals surface area contributed by atoms with Crippen LogP contribution in [-0.2, 0) is 4.79 Å². The van der Waals surface area contributed by atoms with E-state index < -0.39 is 0 Å². The fraction of sp³-hybridized carbons (Fsp3) is 0.875. The lowest BCUT2D eigenvalue weighted by Gasteiger charge is -2.26. The summed E-state index contributed by atoms with van der Waals surface area (Å²) in [5.41, 5.74) is 5.59. The Labute approximate surface area is 67.3 Å².